The molecule has 0 saturated heterocycles. The van der Waals surface area contributed by atoms with E-state index in [1.165, 1.54) is 12.8 Å². The molecule has 0 bridgehead atoms. The quantitative estimate of drug-likeness (QED) is 0.777. The molecule has 6 heteroatoms. The van der Waals surface area contributed by atoms with Gasteiger partial charge in [0.25, 0.3) is 0 Å². The van der Waals surface area contributed by atoms with E-state index in [9.17, 15) is 0 Å². The van der Waals surface area contributed by atoms with Gasteiger partial charge in [-0.3, -0.25) is 0 Å². The maximum atomic E-state index is 5.78. The van der Waals surface area contributed by atoms with Gasteiger partial charge in [0.15, 0.2) is 5.82 Å². The van der Waals surface area contributed by atoms with Crippen LogP contribution in [0.15, 0.2) is 6.20 Å². The monoisotopic (exact) mass is 256 g/mol. The number of ether oxygens (including phenoxy) is 1. The summed E-state index contributed by atoms with van der Waals surface area (Å²) in [4.78, 5) is 6.42. The Balaban J connectivity index is 2.13. The highest BCUT2D eigenvalue weighted by atomic mass is 35.5. The summed E-state index contributed by atoms with van der Waals surface area (Å²) in [6, 6.07) is 0.443. The highest BCUT2D eigenvalue weighted by Gasteiger charge is 2.32. The van der Waals surface area contributed by atoms with Crippen molar-refractivity contribution in [1.82, 2.24) is 15.2 Å². The van der Waals surface area contributed by atoms with Crippen molar-refractivity contribution < 1.29 is 4.74 Å². The first-order valence-electron chi connectivity index (χ1n) is 5.83. The number of rotatable bonds is 6. The molecule has 0 aliphatic heterocycles. The molecule has 1 saturated carbocycles. The summed E-state index contributed by atoms with van der Waals surface area (Å²) in [6.45, 7) is 3.67. The van der Waals surface area contributed by atoms with E-state index < -0.39 is 0 Å². The zero-order valence-corrected chi connectivity index (χ0v) is 10.9. The lowest BCUT2D eigenvalue weighted by Crippen LogP contribution is -2.38. The average Bonchev–Trinajstić information content (AvgIpc) is 3.13. The van der Waals surface area contributed by atoms with E-state index in [1.807, 2.05) is 0 Å². The molecule has 94 valence electrons. The van der Waals surface area contributed by atoms with Gasteiger partial charge in [0.1, 0.15) is 0 Å². The van der Waals surface area contributed by atoms with Crippen LogP contribution in [0.2, 0.25) is 5.28 Å². The number of nitrogens with zero attached hydrogens (tertiary/aromatic N) is 4. The minimum absolute atomic E-state index is 0.188. The van der Waals surface area contributed by atoms with Crippen LogP contribution < -0.4 is 4.90 Å². The minimum Gasteiger partial charge on any atom is -0.383 e. The lowest BCUT2D eigenvalue weighted by Gasteiger charge is -2.29. The third kappa shape index (κ3) is 3.26. The van der Waals surface area contributed by atoms with Crippen LogP contribution in [0.4, 0.5) is 5.82 Å². The Kier molecular flexibility index (Phi) is 4.12. The van der Waals surface area contributed by atoms with E-state index >= 15 is 0 Å². The van der Waals surface area contributed by atoms with Gasteiger partial charge in [-0.25, -0.2) is 0 Å². The molecule has 17 heavy (non-hydrogen) atoms. The fraction of sp³-hybridized carbons (Fsp3) is 0.727. The maximum absolute atomic E-state index is 5.78. The molecule has 0 N–H and O–H groups in total. The van der Waals surface area contributed by atoms with E-state index in [0.29, 0.717) is 12.6 Å². The van der Waals surface area contributed by atoms with Crippen molar-refractivity contribution >= 4 is 17.4 Å². The highest BCUT2D eigenvalue weighted by Crippen LogP contribution is 2.36. The number of methoxy groups -OCH3 is 1. The largest absolute Gasteiger partial charge is 0.383 e. The first kappa shape index (κ1) is 12.5. The molecule has 5 nitrogen and oxygen atoms in total. The molecular weight excluding hydrogens is 240 g/mol. The molecule has 1 fully saturated rings. The number of hydrogen-bond acceptors (Lipinski definition) is 5. The van der Waals surface area contributed by atoms with E-state index in [-0.39, 0.29) is 5.28 Å². The third-order valence-electron chi connectivity index (χ3n) is 3.15. The predicted molar refractivity (Wildman–Crippen MR) is 66.2 cm³/mol. The lowest BCUT2D eigenvalue weighted by molar-refractivity contribution is 0.202. The van der Waals surface area contributed by atoms with Gasteiger partial charge in [0.2, 0.25) is 5.28 Å². The van der Waals surface area contributed by atoms with Gasteiger partial charge in [-0.1, -0.05) is 0 Å². The van der Waals surface area contributed by atoms with Gasteiger partial charge in [0.05, 0.1) is 12.8 Å². The van der Waals surface area contributed by atoms with Crippen molar-refractivity contribution in [3.8, 4) is 0 Å². The van der Waals surface area contributed by atoms with Crippen molar-refractivity contribution in [3.63, 3.8) is 0 Å². The molecule has 0 aromatic carbocycles. The Labute approximate surface area is 106 Å². The Morgan fingerprint density at radius 3 is 2.94 bits per heavy atom. The summed E-state index contributed by atoms with van der Waals surface area (Å²) in [5.74, 6) is 1.53. The van der Waals surface area contributed by atoms with Gasteiger partial charge >= 0.3 is 0 Å². The first-order valence-corrected chi connectivity index (χ1v) is 6.21. The summed E-state index contributed by atoms with van der Waals surface area (Å²) >= 11 is 5.78. The third-order valence-corrected chi connectivity index (χ3v) is 3.31. The summed E-state index contributed by atoms with van der Waals surface area (Å²) < 4.78 is 5.14. The van der Waals surface area contributed by atoms with Crippen LogP contribution in [0.1, 0.15) is 19.8 Å². The zero-order valence-electron chi connectivity index (χ0n) is 10.1. The van der Waals surface area contributed by atoms with Gasteiger partial charge in [-0.2, -0.15) is 10.1 Å². The fourth-order valence-corrected chi connectivity index (χ4v) is 2.09. The average molecular weight is 257 g/mol. The molecule has 1 aromatic rings. The first-order chi connectivity index (χ1) is 8.22. The normalized spacial score (nSPS) is 16.9. The molecule has 0 radical (unpaired) electrons. The number of halogens is 1. The van der Waals surface area contributed by atoms with Crippen molar-refractivity contribution in [3.05, 3.63) is 11.5 Å². The van der Waals surface area contributed by atoms with Crippen LogP contribution in [0.5, 0.6) is 0 Å². The second-order valence-electron chi connectivity index (χ2n) is 4.35. The Bertz CT molecular complexity index is 372. The van der Waals surface area contributed by atoms with Gasteiger partial charge in [-0.15, -0.1) is 5.10 Å². The minimum atomic E-state index is 0.188. The number of aromatic nitrogens is 3. The van der Waals surface area contributed by atoms with Crippen molar-refractivity contribution in [2.45, 2.75) is 25.8 Å². The summed E-state index contributed by atoms with van der Waals surface area (Å²) in [5, 5.41) is 7.71. The fourth-order valence-electron chi connectivity index (χ4n) is 1.96. The summed E-state index contributed by atoms with van der Waals surface area (Å²) in [7, 11) is 1.70. The summed E-state index contributed by atoms with van der Waals surface area (Å²) in [6.07, 6.45) is 4.23. The topological polar surface area (TPSA) is 51.1 Å². The number of hydrogen-bond donors (Lipinski definition) is 0. The van der Waals surface area contributed by atoms with Gasteiger partial charge in [0, 0.05) is 19.7 Å². The van der Waals surface area contributed by atoms with Crippen LogP contribution in [-0.4, -0.2) is 41.5 Å². The molecular formula is C11H17ClN4O. The van der Waals surface area contributed by atoms with Crippen LogP contribution in [0.3, 0.4) is 0 Å². The Morgan fingerprint density at radius 2 is 2.35 bits per heavy atom. The molecule has 1 aliphatic rings. The lowest BCUT2D eigenvalue weighted by atomic mass is 10.2. The van der Waals surface area contributed by atoms with Crippen molar-refractivity contribution in [2.24, 2.45) is 5.92 Å². The smallest absolute Gasteiger partial charge is 0.244 e. The second kappa shape index (κ2) is 5.60. The van der Waals surface area contributed by atoms with Gasteiger partial charge < -0.3 is 9.64 Å². The van der Waals surface area contributed by atoms with Gasteiger partial charge in [-0.05, 0) is 37.3 Å². The highest BCUT2D eigenvalue weighted by molar-refractivity contribution is 6.28. The van der Waals surface area contributed by atoms with Crippen molar-refractivity contribution in [1.29, 1.82) is 0 Å². The molecule has 1 unspecified atom stereocenters. The molecule has 0 amide bonds. The van der Waals surface area contributed by atoms with E-state index in [4.69, 9.17) is 16.3 Å². The molecule has 1 heterocycles. The van der Waals surface area contributed by atoms with E-state index in [0.717, 1.165) is 18.3 Å². The molecule has 0 spiro atoms. The predicted octanol–water partition coefficient (Wildman–Crippen LogP) is 1.78. The molecule has 1 aromatic heterocycles. The van der Waals surface area contributed by atoms with Crippen LogP contribution >= 0.6 is 11.6 Å². The SMILES string of the molecule is COCCN(c1cnnc(Cl)n1)C(C)C1CC1. The molecule has 1 aliphatic carbocycles. The van der Waals surface area contributed by atoms with Crippen molar-refractivity contribution in [2.75, 3.05) is 25.2 Å². The summed E-state index contributed by atoms with van der Waals surface area (Å²) in [5.41, 5.74) is 0. The maximum Gasteiger partial charge on any atom is 0.244 e. The molecule has 2 rings (SSSR count). The van der Waals surface area contributed by atoms with E-state index in [1.54, 1.807) is 13.3 Å². The molecule has 1 atom stereocenters. The Morgan fingerprint density at radius 1 is 1.59 bits per heavy atom. The zero-order chi connectivity index (χ0) is 12.3. The van der Waals surface area contributed by atoms with Crippen LogP contribution in [-0.2, 0) is 4.74 Å². The number of anilines is 1. The second-order valence-corrected chi connectivity index (χ2v) is 4.69. The van der Waals surface area contributed by atoms with Crippen LogP contribution in [0, 0.1) is 5.92 Å². The Hall–Kier alpha value is -0.940. The van der Waals surface area contributed by atoms with Crippen LogP contribution in [0.25, 0.3) is 0 Å². The van der Waals surface area contributed by atoms with E-state index in [2.05, 4.69) is 27.0 Å². The standard InChI is InChI=1S/C11H17ClN4O/c1-8(9-3-4-9)16(5-6-17-2)10-7-13-15-11(12)14-10/h7-9H,3-6H2,1-2H3.